The first-order valence-corrected chi connectivity index (χ1v) is 21.0. The van der Waals surface area contributed by atoms with Crippen LogP contribution >= 0.6 is 12.0 Å². The zero-order chi connectivity index (χ0) is 42.5. The second kappa shape index (κ2) is 15.5. The van der Waals surface area contributed by atoms with E-state index in [0.29, 0.717) is 40.6 Å². The standard InChI is InChI=1S/C34H28N6O14S4/c1-15-11-17(3-7-21(15)37-39-23-9-5-19-26(56(44,45)46)13-25(55-54-53-43)31(35)29(19)33(23)41)18-4-8-22(16(2)12-18)38-40-24-10-6-20-27(57(47,48)49)14-28(58(50,51)52)32(36)30(20)34(24)42/h3-14,41-43H,35-36H2,1-2H3,(H,44,45,46)(H,47,48,49)(H,50,51,52). The lowest BCUT2D eigenvalue weighted by atomic mass is 10.0. The van der Waals surface area contributed by atoms with Crippen LogP contribution in [-0.4, -0.2) is 54.4 Å². The third-order valence-electron chi connectivity index (χ3n) is 8.68. The number of aromatic hydroxyl groups is 2. The number of benzene rings is 6. The largest absolute Gasteiger partial charge is 0.505 e. The molecule has 6 aromatic carbocycles. The van der Waals surface area contributed by atoms with Crippen LogP contribution in [0.15, 0.2) is 113 Å². The summed E-state index contributed by atoms with van der Waals surface area (Å²) in [4.78, 5) is -2.71. The van der Waals surface area contributed by atoms with Crippen molar-refractivity contribution in [3.05, 3.63) is 83.9 Å². The van der Waals surface area contributed by atoms with Crippen molar-refractivity contribution in [2.75, 3.05) is 11.5 Å². The molecule has 58 heavy (non-hydrogen) atoms. The molecule has 0 bridgehead atoms. The molecule has 0 aliphatic heterocycles. The minimum Gasteiger partial charge on any atom is -0.505 e. The lowest BCUT2D eigenvalue weighted by Gasteiger charge is -2.13. The number of nitrogens with two attached hydrogens (primary N) is 2. The van der Waals surface area contributed by atoms with Crippen LogP contribution in [0.25, 0.3) is 32.7 Å². The minimum absolute atomic E-state index is 0.1000. The lowest BCUT2D eigenvalue weighted by Crippen LogP contribution is -2.08. The normalized spacial score (nSPS) is 12.7. The second-order valence-electron chi connectivity index (χ2n) is 12.3. The van der Waals surface area contributed by atoms with Gasteiger partial charge in [0.1, 0.15) is 26.1 Å². The maximum absolute atomic E-state index is 12.1. The van der Waals surface area contributed by atoms with Gasteiger partial charge in [0.15, 0.2) is 11.5 Å². The van der Waals surface area contributed by atoms with E-state index in [0.717, 1.165) is 23.3 Å². The number of fused-ring (bicyclic) bond motifs is 2. The summed E-state index contributed by atoms with van der Waals surface area (Å²) < 4.78 is 105. The van der Waals surface area contributed by atoms with Gasteiger partial charge in [0, 0.05) is 10.8 Å². The smallest absolute Gasteiger partial charge is 0.296 e. The topological polar surface area (TPSA) is 344 Å². The summed E-state index contributed by atoms with van der Waals surface area (Å²) in [6.45, 7) is 3.50. The number of hydrogen-bond acceptors (Lipinski definition) is 18. The molecule has 0 heterocycles. The van der Waals surface area contributed by atoms with E-state index in [4.69, 9.17) is 16.7 Å². The van der Waals surface area contributed by atoms with E-state index in [1.807, 2.05) is 6.07 Å². The van der Waals surface area contributed by atoms with E-state index in [1.165, 1.54) is 18.2 Å². The molecule has 0 spiro atoms. The minimum atomic E-state index is -5.09. The molecule has 0 saturated carbocycles. The first-order valence-electron chi connectivity index (χ1n) is 15.9. The fourth-order valence-corrected chi connectivity index (χ4v) is 8.63. The SMILES string of the molecule is Cc1cc(-c2ccc(N=Nc3ccc4c(S(=O)(=O)O)cc(S(=O)(=O)O)c(N)c4c3O)c(C)c2)ccc1N=Nc1ccc2c(S(=O)(=O)O)cc(SOOO)c(N)c2c1O. The Morgan fingerprint density at radius 2 is 0.948 bits per heavy atom. The van der Waals surface area contributed by atoms with Crippen LogP contribution in [-0.2, 0) is 39.7 Å². The van der Waals surface area contributed by atoms with Gasteiger partial charge in [-0.05, 0) is 84.6 Å². The number of phenolic OH excluding ortho intramolecular Hbond substituents is 2. The van der Waals surface area contributed by atoms with Crippen LogP contribution in [0.1, 0.15) is 11.1 Å². The average Bonchev–Trinajstić information content (AvgIpc) is 3.13. The Labute approximate surface area is 332 Å². The van der Waals surface area contributed by atoms with Crippen molar-refractivity contribution < 1.29 is 63.8 Å². The van der Waals surface area contributed by atoms with Gasteiger partial charge in [-0.2, -0.15) is 35.5 Å². The molecule has 0 atom stereocenters. The third kappa shape index (κ3) is 8.14. The highest BCUT2D eigenvalue weighted by atomic mass is 32.2. The molecule has 302 valence electrons. The molecule has 0 aromatic heterocycles. The number of hydrogen-bond donors (Lipinski definition) is 8. The highest BCUT2D eigenvalue weighted by Crippen LogP contribution is 2.46. The molecule has 20 nitrogen and oxygen atoms in total. The van der Waals surface area contributed by atoms with Crippen molar-refractivity contribution in [1.82, 2.24) is 0 Å². The fourth-order valence-electron chi connectivity index (χ4n) is 5.94. The number of anilines is 2. The summed E-state index contributed by atoms with van der Waals surface area (Å²) in [5, 5.41) is 49.5. The first-order chi connectivity index (χ1) is 27.1. The number of nitrogens with zero attached hydrogens (tertiary/aromatic N) is 4. The Hall–Kier alpha value is -5.80. The Kier molecular flexibility index (Phi) is 11.2. The number of aryl methyl sites for hydroxylation is 2. The number of nitrogen functional groups attached to an aromatic ring is 2. The summed E-state index contributed by atoms with van der Waals surface area (Å²) >= 11 is 0.320. The molecule has 0 unspecified atom stereocenters. The molecule has 24 heteroatoms. The number of rotatable bonds is 11. The van der Waals surface area contributed by atoms with Gasteiger partial charge in [0.25, 0.3) is 30.4 Å². The van der Waals surface area contributed by atoms with E-state index < -0.39 is 67.6 Å². The van der Waals surface area contributed by atoms with Crippen LogP contribution in [0.3, 0.4) is 0 Å². The van der Waals surface area contributed by atoms with Gasteiger partial charge in [-0.1, -0.05) is 29.3 Å². The lowest BCUT2D eigenvalue weighted by molar-refractivity contribution is -0.432. The van der Waals surface area contributed by atoms with Crippen molar-refractivity contribution in [3.63, 3.8) is 0 Å². The highest BCUT2D eigenvalue weighted by molar-refractivity contribution is 7.94. The van der Waals surface area contributed by atoms with Gasteiger partial charge in [0.2, 0.25) is 0 Å². The fraction of sp³-hybridized carbons (Fsp3) is 0.0588. The van der Waals surface area contributed by atoms with E-state index >= 15 is 0 Å². The summed E-state index contributed by atoms with van der Waals surface area (Å²) in [6, 6.07) is 16.7. The first kappa shape index (κ1) is 41.8. The Bertz CT molecular complexity index is 3110. The average molecular weight is 873 g/mol. The summed E-state index contributed by atoms with van der Waals surface area (Å²) in [5.41, 5.74) is 14.4. The van der Waals surface area contributed by atoms with Gasteiger partial charge < -0.3 is 21.7 Å². The molecule has 0 aliphatic rings. The quantitative estimate of drug-likeness (QED) is 0.0153. The molecule has 0 amide bonds. The van der Waals surface area contributed by atoms with Crippen molar-refractivity contribution in [2.24, 2.45) is 20.5 Å². The maximum Gasteiger partial charge on any atom is 0.296 e. The van der Waals surface area contributed by atoms with Crippen molar-refractivity contribution >= 4 is 98.1 Å². The zero-order valence-corrected chi connectivity index (χ0v) is 32.7. The maximum atomic E-state index is 12.1. The number of phenols is 2. The molecular weight excluding hydrogens is 845 g/mol. The van der Waals surface area contributed by atoms with E-state index in [-0.39, 0.29) is 38.1 Å². The monoisotopic (exact) mass is 872 g/mol. The van der Waals surface area contributed by atoms with Crippen molar-refractivity contribution in [2.45, 2.75) is 33.4 Å². The van der Waals surface area contributed by atoms with Gasteiger partial charge in [-0.15, -0.1) is 14.6 Å². The van der Waals surface area contributed by atoms with Crippen LogP contribution in [0, 0.1) is 13.8 Å². The summed E-state index contributed by atoms with van der Waals surface area (Å²) in [5.74, 6) is -1.33. The van der Waals surface area contributed by atoms with E-state index in [2.05, 4.69) is 29.8 Å². The van der Waals surface area contributed by atoms with Crippen LogP contribution < -0.4 is 11.5 Å². The Morgan fingerprint density at radius 1 is 0.552 bits per heavy atom. The summed E-state index contributed by atoms with van der Waals surface area (Å²) in [6.07, 6.45) is 0. The van der Waals surface area contributed by atoms with Crippen LogP contribution in [0.4, 0.5) is 34.1 Å². The molecule has 6 aromatic rings. The Balaban J connectivity index is 1.28. The molecular formula is C34H28N6O14S4. The molecule has 0 saturated heterocycles. The van der Waals surface area contributed by atoms with Crippen molar-refractivity contribution in [1.29, 1.82) is 0 Å². The van der Waals surface area contributed by atoms with Gasteiger partial charge in [0.05, 0.1) is 50.5 Å². The van der Waals surface area contributed by atoms with E-state index in [9.17, 15) is 49.1 Å². The van der Waals surface area contributed by atoms with Gasteiger partial charge in [-0.25, -0.2) is 5.26 Å². The number of azo groups is 2. The summed E-state index contributed by atoms with van der Waals surface area (Å²) in [7, 11) is -14.9. The zero-order valence-electron chi connectivity index (χ0n) is 29.5. The third-order valence-corrected chi connectivity index (χ3v) is 12.0. The van der Waals surface area contributed by atoms with Crippen molar-refractivity contribution in [3.8, 4) is 22.6 Å². The van der Waals surface area contributed by atoms with Crippen LogP contribution in [0.2, 0.25) is 0 Å². The van der Waals surface area contributed by atoms with Gasteiger partial charge in [-0.3, -0.25) is 13.7 Å². The molecule has 6 rings (SSSR count). The molecule has 0 aliphatic carbocycles. The second-order valence-corrected chi connectivity index (χ2v) is 17.3. The molecule has 0 fully saturated rings. The molecule has 10 N–H and O–H groups in total. The predicted molar refractivity (Wildman–Crippen MR) is 210 cm³/mol. The molecule has 0 radical (unpaired) electrons. The van der Waals surface area contributed by atoms with E-state index in [1.54, 1.807) is 44.2 Å². The van der Waals surface area contributed by atoms with Crippen LogP contribution in [0.5, 0.6) is 11.5 Å². The Morgan fingerprint density at radius 3 is 1.36 bits per heavy atom. The van der Waals surface area contributed by atoms with Gasteiger partial charge >= 0.3 is 0 Å². The predicted octanol–water partition coefficient (Wildman–Crippen LogP) is 7.85. The highest BCUT2D eigenvalue weighted by Gasteiger charge is 2.27.